The summed E-state index contributed by atoms with van der Waals surface area (Å²) in [5.41, 5.74) is 11.0. The van der Waals surface area contributed by atoms with Crippen LogP contribution in [0.3, 0.4) is 0 Å². The van der Waals surface area contributed by atoms with Crippen LogP contribution >= 0.6 is 11.6 Å². The van der Waals surface area contributed by atoms with Gasteiger partial charge in [-0.3, -0.25) is 14.4 Å². The summed E-state index contributed by atoms with van der Waals surface area (Å²) in [5, 5.41) is 7.88. The van der Waals surface area contributed by atoms with E-state index < -0.39 is 13.7 Å². The zero-order valence-corrected chi connectivity index (χ0v) is 39.2. The van der Waals surface area contributed by atoms with Crippen LogP contribution in [-0.4, -0.2) is 56.2 Å². The second-order valence-corrected chi connectivity index (χ2v) is 23.5. The molecule has 0 saturated carbocycles. The van der Waals surface area contributed by atoms with E-state index >= 15 is 0 Å². The molecule has 1 saturated heterocycles. The minimum Gasteiger partial charge on any atom is -0.487 e. The van der Waals surface area contributed by atoms with E-state index in [-0.39, 0.29) is 40.9 Å². The zero-order valence-electron chi connectivity index (χ0n) is 37.5. The summed E-state index contributed by atoms with van der Waals surface area (Å²) in [4.78, 5) is 44.7. The summed E-state index contributed by atoms with van der Waals surface area (Å²) in [5.74, 6) is 0.0291. The summed E-state index contributed by atoms with van der Waals surface area (Å²) in [7, 11) is -2.27. The lowest BCUT2D eigenvalue weighted by Crippen LogP contribution is -2.49. The number of amides is 2. The van der Waals surface area contributed by atoms with Gasteiger partial charge in [0.15, 0.2) is 8.32 Å². The minimum atomic E-state index is -2.27. The molecule has 2 amide bonds. The van der Waals surface area contributed by atoms with Gasteiger partial charge in [-0.25, -0.2) is 0 Å². The van der Waals surface area contributed by atoms with Gasteiger partial charge in [-0.05, 0) is 89.1 Å². The topological polar surface area (TPSA) is 139 Å². The SMILES string of the molecule is CC(C)(C)[Si](C)(C)O[C@H](CNCc1ccc(NC(=O)CCN2CC[C@@H](C(C(N)=O)(c3ccccc3)c3ccccc3)C2)c(Cl)c1)c1ccc(OCc2ccccc2)c2[nH]c(=O)ccc12. The molecular formula is C52H60ClN5O5Si. The van der Waals surface area contributed by atoms with Gasteiger partial charge in [0.2, 0.25) is 17.4 Å². The Morgan fingerprint density at radius 3 is 2.16 bits per heavy atom. The molecular weight excluding hydrogens is 838 g/mol. The number of ether oxygens (including phenoxy) is 1. The normalized spacial score (nSPS) is 15.2. The number of nitrogens with zero attached hydrogens (tertiary/aromatic N) is 1. The maximum Gasteiger partial charge on any atom is 0.248 e. The number of aromatic amines is 1. The molecule has 2 atom stereocenters. The molecule has 1 fully saturated rings. The number of halogens is 1. The number of primary amides is 1. The highest BCUT2D eigenvalue weighted by molar-refractivity contribution is 6.74. The molecule has 0 spiro atoms. The van der Waals surface area contributed by atoms with Gasteiger partial charge in [-0.15, -0.1) is 0 Å². The Hall–Kier alpha value is -5.56. The largest absolute Gasteiger partial charge is 0.487 e. The van der Waals surface area contributed by atoms with Crippen molar-refractivity contribution in [2.45, 2.75) is 76.4 Å². The van der Waals surface area contributed by atoms with Crippen molar-refractivity contribution >= 4 is 48.3 Å². The number of aromatic nitrogens is 1. The summed E-state index contributed by atoms with van der Waals surface area (Å²) in [6, 6.07) is 42.5. The molecule has 5 N–H and O–H groups in total. The minimum absolute atomic E-state index is 0.0413. The third-order valence-corrected chi connectivity index (χ3v) is 17.9. The molecule has 10 nitrogen and oxygen atoms in total. The summed E-state index contributed by atoms with van der Waals surface area (Å²) in [6.45, 7) is 14.4. The number of nitrogens with two attached hydrogens (primary N) is 1. The molecule has 1 aromatic heterocycles. The van der Waals surface area contributed by atoms with Gasteiger partial charge >= 0.3 is 0 Å². The molecule has 5 aromatic carbocycles. The van der Waals surface area contributed by atoms with E-state index in [1.807, 2.05) is 127 Å². The van der Waals surface area contributed by atoms with Crippen molar-refractivity contribution in [2.75, 3.05) is 31.5 Å². The molecule has 334 valence electrons. The highest BCUT2D eigenvalue weighted by Crippen LogP contribution is 2.44. The molecule has 1 aliphatic rings. The first-order chi connectivity index (χ1) is 30.7. The fourth-order valence-corrected chi connectivity index (χ4v) is 10.2. The number of carbonyl (C=O) groups excluding carboxylic acids is 2. The van der Waals surface area contributed by atoms with Crippen LogP contribution in [0.1, 0.15) is 67.5 Å². The number of fused-ring (bicyclic) bond motifs is 1. The molecule has 0 aliphatic carbocycles. The first-order valence-electron chi connectivity index (χ1n) is 22.1. The van der Waals surface area contributed by atoms with Crippen molar-refractivity contribution in [2.24, 2.45) is 11.7 Å². The quantitative estimate of drug-likeness (QED) is 0.0631. The van der Waals surface area contributed by atoms with Crippen molar-refractivity contribution in [1.82, 2.24) is 15.2 Å². The summed E-state index contributed by atoms with van der Waals surface area (Å²) < 4.78 is 13.3. The molecule has 0 bridgehead atoms. The predicted molar refractivity (Wildman–Crippen MR) is 260 cm³/mol. The highest BCUT2D eigenvalue weighted by atomic mass is 35.5. The number of hydrogen-bond donors (Lipinski definition) is 4. The van der Waals surface area contributed by atoms with Crippen LogP contribution in [0.2, 0.25) is 23.2 Å². The van der Waals surface area contributed by atoms with Crippen LogP contribution in [0.4, 0.5) is 5.69 Å². The summed E-state index contributed by atoms with van der Waals surface area (Å²) >= 11 is 6.79. The third kappa shape index (κ3) is 10.5. The average Bonchev–Trinajstić information content (AvgIpc) is 3.75. The second-order valence-electron chi connectivity index (χ2n) is 18.3. The van der Waals surface area contributed by atoms with Crippen molar-refractivity contribution in [1.29, 1.82) is 0 Å². The standard InChI is InChI=1S/C52H60ClN5O5Si/c1-51(2,3)64(4,5)63-46(41-22-25-45(49-42(41)23-26-47(59)57-49)62-35-36-15-9-6-10-16-36)33-55-32-37-21-24-44(43(53)31-37)56-48(60)28-30-58-29-27-40(34-58)52(50(54)61,38-17-11-7-12-18-38)39-19-13-8-14-20-39/h6-26,31,40,46,55H,27-30,32-35H2,1-5H3,(H2,54,61)(H,56,60)(H,57,59)/t40-,46-/m1/s1. The fourth-order valence-electron chi connectivity index (χ4n) is 8.64. The molecule has 7 rings (SSSR count). The highest BCUT2D eigenvalue weighted by Gasteiger charge is 2.49. The van der Waals surface area contributed by atoms with E-state index in [4.69, 9.17) is 26.5 Å². The number of likely N-dealkylation sites (tertiary alicyclic amines) is 1. The van der Waals surface area contributed by atoms with Gasteiger partial charge in [0, 0.05) is 44.1 Å². The van der Waals surface area contributed by atoms with Crippen LogP contribution in [0, 0.1) is 5.92 Å². The third-order valence-electron chi connectivity index (χ3n) is 13.1. The first kappa shape index (κ1) is 46.4. The van der Waals surface area contributed by atoms with Gasteiger partial charge < -0.3 is 35.4 Å². The summed E-state index contributed by atoms with van der Waals surface area (Å²) in [6.07, 6.45) is 0.707. The van der Waals surface area contributed by atoms with Crippen LogP contribution in [0.5, 0.6) is 5.75 Å². The number of rotatable bonds is 18. The molecule has 2 heterocycles. The van der Waals surface area contributed by atoms with Gasteiger partial charge in [0.05, 0.1) is 22.3 Å². The Labute approximate surface area is 382 Å². The number of H-pyrrole nitrogens is 1. The molecule has 0 radical (unpaired) electrons. The van der Waals surface area contributed by atoms with Crippen LogP contribution in [-0.2, 0) is 32.6 Å². The van der Waals surface area contributed by atoms with Crippen molar-refractivity contribution < 1.29 is 18.8 Å². The van der Waals surface area contributed by atoms with Gasteiger partial charge in [0.25, 0.3) is 0 Å². The van der Waals surface area contributed by atoms with Gasteiger partial charge in [0.1, 0.15) is 17.8 Å². The zero-order chi connectivity index (χ0) is 45.5. The molecule has 64 heavy (non-hydrogen) atoms. The van der Waals surface area contributed by atoms with E-state index in [1.54, 1.807) is 6.07 Å². The lowest BCUT2D eigenvalue weighted by molar-refractivity contribution is -0.124. The monoisotopic (exact) mass is 897 g/mol. The molecule has 12 heteroatoms. The van der Waals surface area contributed by atoms with E-state index in [2.05, 4.69) is 54.4 Å². The Morgan fingerprint density at radius 1 is 0.875 bits per heavy atom. The number of anilines is 1. The first-order valence-corrected chi connectivity index (χ1v) is 25.4. The van der Waals surface area contributed by atoms with Crippen LogP contribution in [0.25, 0.3) is 10.9 Å². The van der Waals surface area contributed by atoms with E-state index in [1.165, 1.54) is 0 Å². The second kappa shape index (κ2) is 20.1. The molecule has 0 unspecified atom stereocenters. The van der Waals surface area contributed by atoms with E-state index in [9.17, 15) is 14.4 Å². The lowest BCUT2D eigenvalue weighted by atomic mass is 9.64. The van der Waals surface area contributed by atoms with Gasteiger partial charge in [-0.1, -0.05) is 136 Å². The number of nitrogens with one attached hydrogen (secondary N) is 3. The van der Waals surface area contributed by atoms with Crippen molar-refractivity contribution in [3.63, 3.8) is 0 Å². The number of carbonyl (C=O) groups is 2. The number of hydrogen-bond acceptors (Lipinski definition) is 7. The number of benzene rings is 5. The van der Waals surface area contributed by atoms with Crippen molar-refractivity contribution in [3.8, 4) is 5.75 Å². The van der Waals surface area contributed by atoms with E-state index in [0.29, 0.717) is 54.8 Å². The average molecular weight is 899 g/mol. The lowest BCUT2D eigenvalue weighted by Gasteiger charge is -2.39. The van der Waals surface area contributed by atoms with E-state index in [0.717, 1.165) is 46.2 Å². The molecule has 1 aliphatic heterocycles. The molecule has 6 aromatic rings. The Morgan fingerprint density at radius 2 is 1.53 bits per heavy atom. The fraction of sp³-hybridized carbons (Fsp3) is 0.327. The van der Waals surface area contributed by atoms with Crippen LogP contribution in [0.15, 0.2) is 138 Å². The maximum atomic E-state index is 13.5. The maximum absolute atomic E-state index is 13.5. The Balaban J connectivity index is 0.990. The van der Waals surface area contributed by atoms with Crippen LogP contribution < -0.4 is 26.7 Å². The number of pyridine rings is 1. The van der Waals surface area contributed by atoms with Gasteiger partial charge in [-0.2, -0.15) is 0 Å². The predicted octanol–water partition coefficient (Wildman–Crippen LogP) is 9.74. The van der Waals surface area contributed by atoms with Crippen molar-refractivity contribution in [3.05, 3.63) is 177 Å². The Bertz CT molecular complexity index is 2560. The smallest absolute Gasteiger partial charge is 0.248 e. The Kier molecular flexibility index (Phi) is 14.6.